The third-order valence-electron chi connectivity index (χ3n) is 3.42. The van der Waals surface area contributed by atoms with Crippen LogP contribution in [0.3, 0.4) is 0 Å². The molecule has 1 rings (SSSR count). The second-order valence-corrected chi connectivity index (χ2v) is 5.55. The van der Waals surface area contributed by atoms with E-state index < -0.39 is 4.92 Å². The average Bonchev–Trinajstić information content (AvgIpc) is 2.50. The Morgan fingerprint density at radius 3 is 2.67 bits per heavy atom. The molecule has 1 N–H and O–H groups in total. The maximum absolute atomic E-state index is 12.6. The Labute approximate surface area is 129 Å². The molecule has 0 aromatic heterocycles. The zero-order valence-electron chi connectivity index (χ0n) is 12.8. The van der Waals surface area contributed by atoms with Crippen LogP contribution in [0.15, 0.2) is 18.2 Å². The van der Waals surface area contributed by atoms with Crippen LogP contribution in [0.2, 0.25) is 0 Å². The van der Waals surface area contributed by atoms with Crippen molar-refractivity contribution in [2.45, 2.75) is 19.4 Å². The molecule has 0 radical (unpaired) electrons. The van der Waals surface area contributed by atoms with Gasteiger partial charge in [-0.2, -0.15) is 11.8 Å². The molecular formula is C14H21N3O3S. The van der Waals surface area contributed by atoms with Crippen LogP contribution < -0.4 is 5.32 Å². The van der Waals surface area contributed by atoms with E-state index in [1.807, 2.05) is 13.2 Å². The first-order chi connectivity index (χ1) is 9.97. The highest BCUT2D eigenvalue weighted by Gasteiger charge is 2.28. The highest BCUT2D eigenvalue weighted by molar-refractivity contribution is 7.98. The highest BCUT2D eigenvalue weighted by Crippen LogP contribution is 2.29. The van der Waals surface area contributed by atoms with E-state index in [1.165, 1.54) is 6.07 Å². The summed E-state index contributed by atoms with van der Waals surface area (Å²) in [7, 11) is 3.30. The molecule has 0 aliphatic carbocycles. The lowest BCUT2D eigenvalue weighted by atomic mass is 10.1. The number of thioether (sulfide) groups is 1. The van der Waals surface area contributed by atoms with E-state index in [2.05, 4.69) is 5.32 Å². The maximum atomic E-state index is 12.6. The Morgan fingerprint density at radius 2 is 2.19 bits per heavy atom. The molecule has 0 aliphatic rings. The molecule has 0 aliphatic heterocycles. The molecule has 1 amide bonds. The number of nitro groups is 1. The van der Waals surface area contributed by atoms with Crippen molar-refractivity contribution in [2.24, 2.45) is 0 Å². The summed E-state index contributed by atoms with van der Waals surface area (Å²) >= 11 is 1.65. The van der Waals surface area contributed by atoms with Crippen molar-refractivity contribution in [3.8, 4) is 0 Å². The molecule has 0 heterocycles. The normalized spacial score (nSPS) is 11.8. The van der Waals surface area contributed by atoms with Gasteiger partial charge in [-0.3, -0.25) is 14.9 Å². The number of hydrogen-bond acceptors (Lipinski definition) is 5. The van der Waals surface area contributed by atoms with Crippen LogP contribution in [0.1, 0.15) is 23.7 Å². The van der Waals surface area contributed by atoms with Crippen LogP contribution in [0, 0.1) is 10.1 Å². The van der Waals surface area contributed by atoms with Crippen molar-refractivity contribution >= 4 is 29.0 Å². The number of amides is 1. The summed E-state index contributed by atoms with van der Waals surface area (Å²) in [6.07, 6.45) is 2.79. The fourth-order valence-electron chi connectivity index (χ4n) is 2.17. The van der Waals surface area contributed by atoms with Gasteiger partial charge in [-0.05, 0) is 24.8 Å². The molecule has 0 saturated carbocycles. The Kier molecular flexibility index (Phi) is 6.48. The van der Waals surface area contributed by atoms with E-state index >= 15 is 0 Å². The number of nitrogens with zero attached hydrogens (tertiary/aromatic N) is 2. The Hall–Kier alpha value is -1.76. The van der Waals surface area contributed by atoms with Crippen molar-refractivity contribution in [3.63, 3.8) is 0 Å². The van der Waals surface area contributed by atoms with Crippen molar-refractivity contribution in [1.29, 1.82) is 0 Å². The molecule has 1 aromatic carbocycles. The van der Waals surface area contributed by atoms with Gasteiger partial charge in [0.2, 0.25) is 0 Å². The van der Waals surface area contributed by atoms with Crippen LogP contribution in [0.5, 0.6) is 0 Å². The molecule has 1 aromatic rings. The van der Waals surface area contributed by atoms with Gasteiger partial charge in [-0.15, -0.1) is 0 Å². The predicted molar refractivity (Wildman–Crippen MR) is 87.2 cm³/mol. The third kappa shape index (κ3) is 3.87. The maximum Gasteiger partial charge on any atom is 0.305 e. The lowest BCUT2D eigenvalue weighted by Gasteiger charge is -2.26. The number of nitrogens with one attached hydrogen (secondary N) is 1. The number of nitro benzene ring substituents is 1. The van der Waals surface area contributed by atoms with Gasteiger partial charge in [0.05, 0.1) is 4.92 Å². The van der Waals surface area contributed by atoms with Crippen LogP contribution in [0.25, 0.3) is 0 Å². The first-order valence-electron chi connectivity index (χ1n) is 6.69. The van der Waals surface area contributed by atoms with Crippen LogP contribution in [-0.2, 0) is 0 Å². The Bertz CT molecular complexity index is 522. The molecule has 0 spiro atoms. The molecule has 0 fully saturated rings. The van der Waals surface area contributed by atoms with Gasteiger partial charge in [-0.1, -0.05) is 13.0 Å². The minimum Gasteiger partial charge on any atom is -0.383 e. The van der Waals surface area contributed by atoms with Crippen molar-refractivity contribution in [3.05, 3.63) is 33.9 Å². The summed E-state index contributed by atoms with van der Waals surface area (Å²) in [5.41, 5.74) is 0.293. The van der Waals surface area contributed by atoms with Crippen molar-refractivity contribution in [1.82, 2.24) is 4.90 Å². The van der Waals surface area contributed by atoms with Gasteiger partial charge in [-0.25, -0.2) is 0 Å². The van der Waals surface area contributed by atoms with E-state index in [-0.39, 0.29) is 23.2 Å². The second-order valence-electron chi connectivity index (χ2n) is 4.64. The number of hydrogen-bond donors (Lipinski definition) is 1. The molecule has 0 saturated heterocycles. The van der Waals surface area contributed by atoms with Gasteiger partial charge in [0.15, 0.2) is 0 Å². The smallest absolute Gasteiger partial charge is 0.305 e. The molecule has 116 valence electrons. The van der Waals surface area contributed by atoms with E-state index in [0.717, 1.165) is 12.2 Å². The number of benzene rings is 1. The fourth-order valence-corrected chi connectivity index (χ4v) is 3.01. The quantitative estimate of drug-likeness (QED) is 0.619. The lowest BCUT2D eigenvalue weighted by Crippen LogP contribution is -2.38. The molecule has 1 unspecified atom stereocenters. The predicted octanol–water partition coefficient (Wildman–Crippen LogP) is 2.85. The van der Waals surface area contributed by atoms with E-state index in [1.54, 1.807) is 42.9 Å². The largest absolute Gasteiger partial charge is 0.383 e. The summed E-state index contributed by atoms with van der Waals surface area (Å²) in [4.78, 5) is 25.0. The minimum absolute atomic E-state index is 0.0605. The monoisotopic (exact) mass is 311 g/mol. The molecular weight excluding hydrogens is 290 g/mol. The minimum atomic E-state index is -0.511. The average molecular weight is 311 g/mol. The van der Waals surface area contributed by atoms with Crippen LogP contribution in [-0.4, -0.2) is 47.9 Å². The first-order valence-corrected chi connectivity index (χ1v) is 8.08. The zero-order chi connectivity index (χ0) is 16.0. The Morgan fingerprint density at radius 1 is 1.52 bits per heavy atom. The highest BCUT2D eigenvalue weighted by atomic mass is 32.2. The van der Waals surface area contributed by atoms with E-state index in [9.17, 15) is 14.9 Å². The number of anilines is 1. The number of carbonyl (C=O) groups is 1. The molecule has 21 heavy (non-hydrogen) atoms. The van der Waals surface area contributed by atoms with Gasteiger partial charge in [0, 0.05) is 25.9 Å². The zero-order valence-corrected chi connectivity index (χ0v) is 13.6. The first kappa shape index (κ1) is 17.3. The number of rotatable bonds is 7. The van der Waals surface area contributed by atoms with Gasteiger partial charge in [0.1, 0.15) is 11.3 Å². The van der Waals surface area contributed by atoms with Gasteiger partial charge in [0.25, 0.3) is 5.91 Å². The van der Waals surface area contributed by atoms with Crippen LogP contribution >= 0.6 is 11.8 Å². The third-order valence-corrected chi connectivity index (χ3v) is 4.13. The Balaban J connectivity index is 3.20. The number of carbonyl (C=O) groups excluding carboxylic acids is 1. The van der Waals surface area contributed by atoms with Crippen molar-refractivity contribution in [2.75, 3.05) is 31.4 Å². The second kappa shape index (κ2) is 7.87. The molecule has 7 heteroatoms. The molecule has 0 bridgehead atoms. The molecule has 6 nitrogen and oxygen atoms in total. The fraction of sp³-hybridized carbons (Fsp3) is 0.500. The van der Waals surface area contributed by atoms with Crippen LogP contribution in [0.4, 0.5) is 11.4 Å². The number of para-hydroxylation sites is 1. The summed E-state index contributed by atoms with van der Waals surface area (Å²) < 4.78 is 0. The van der Waals surface area contributed by atoms with E-state index in [4.69, 9.17) is 0 Å². The standard InChI is InChI=1S/C14H21N3O3S/c1-5-10(9-21-4)16(3)14(18)11-7-6-8-12(15-2)13(11)17(19)20/h6-8,10,15H,5,9H2,1-4H3. The van der Waals surface area contributed by atoms with Gasteiger partial charge < -0.3 is 10.2 Å². The summed E-state index contributed by atoms with van der Waals surface area (Å²) in [5.74, 6) is 0.484. The van der Waals surface area contributed by atoms with Crippen molar-refractivity contribution < 1.29 is 9.72 Å². The summed E-state index contributed by atoms with van der Waals surface area (Å²) in [5, 5.41) is 14.0. The lowest BCUT2D eigenvalue weighted by molar-refractivity contribution is -0.384. The molecule has 1 atom stereocenters. The SMILES string of the molecule is CCC(CSC)N(C)C(=O)c1cccc(NC)c1[N+](=O)[O-]. The van der Waals surface area contributed by atoms with E-state index in [0.29, 0.717) is 5.69 Å². The summed E-state index contributed by atoms with van der Waals surface area (Å²) in [6.45, 7) is 2.00. The summed E-state index contributed by atoms with van der Waals surface area (Å²) in [6, 6.07) is 4.80. The van der Waals surface area contributed by atoms with Gasteiger partial charge >= 0.3 is 5.69 Å². The topological polar surface area (TPSA) is 75.5 Å².